The van der Waals surface area contributed by atoms with Crippen LogP contribution in [0.1, 0.15) is 16.4 Å². The fraction of sp³-hybridized carbons (Fsp3) is 0.389. The predicted molar refractivity (Wildman–Crippen MR) is 101 cm³/mol. The Kier molecular flexibility index (Phi) is 5.85. The van der Waals surface area contributed by atoms with Gasteiger partial charge in [-0.15, -0.1) is 11.3 Å². The highest BCUT2D eigenvalue weighted by molar-refractivity contribution is 7.89. The van der Waals surface area contributed by atoms with Crippen LogP contribution in [0.2, 0.25) is 0 Å². The van der Waals surface area contributed by atoms with Crippen molar-refractivity contribution in [1.82, 2.24) is 4.31 Å². The Morgan fingerprint density at radius 2 is 1.96 bits per heavy atom. The molecule has 2 unspecified atom stereocenters. The minimum atomic E-state index is -3.98. The van der Waals surface area contributed by atoms with Crippen LogP contribution in [0.4, 0.5) is 0 Å². The van der Waals surface area contributed by atoms with Gasteiger partial charge in [0, 0.05) is 17.3 Å². The van der Waals surface area contributed by atoms with Crippen molar-refractivity contribution in [3.05, 3.63) is 46.2 Å². The van der Waals surface area contributed by atoms with Gasteiger partial charge in [-0.25, -0.2) is 8.42 Å². The molecular formula is C18H21NO6S2. The summed E-state index contributed by atoms with van der Waals surface area (Å²) in [5.74, 6) is -0.843. The number of methoxy groups -OCH3 is 2. The molecule has 1 aromatic heterocycles. The standard InChI is InChI=1S/C18H21NO6S2/c1-24-12-3-5-13(6-4-12)27(22,23)19-9-7-16-14(8-10-26-16)15(11-20)17(19)18(21)25-2/h3-6,8,10,15,17,20H,7,9,11H2,1-2H3. The molecule has 1 aliphatic heterocycles. The van der Waals surface area contributed by atoms with E-state index in [9.17, 15) is 18.3 Å². The van der Waals surface area contributed by atoms with Crippen LogP contribution in [0, 0.1) is 0 Å². The van der Waals surface area contributed by atoms with Gasteiger partial charge in [-0.3, -0.25) is 4.79 Å². The number of esters is 1. The molecule has 9 heteroatoms. The molecule has 0 saturated heterocycles. The molecule has 2 atom stereocenters. The highest BCUT2D eigenvalue weighted by Crippen LogP contribution is 2.36. The maximum absolute atomic E-state index is 13.3. The molecule has 2 aromatic rings. The normalized spacial score (nSPS) is 20.6. The largest absolute Gasteiger partial charge is 0.497 e. The lowest BCUT2D eigenvalue weighted by atomic mass is 9.93. The molecule has 1 aromatic carbocycles. The number of ether oxygens (including phenoxy) is 2. The van der Waals surface area contributed by atoms with Gasteiger partial charge in [-0.1, -0.05) is 0 Å². The summed E-state index contributed by atoms with van der Waals surface area (Å²) in [6, 6.07) is 6.69. The van der Waals surface area contributed by atoms with Crippen LogP contribution in [0.25, 0.3) is 0 Å². The molecule has 27 heavy (non-hydrogen) atoms. The number of carbonyl (C=O) groups is 1. The van der Waals surface area contributed by atoms with Gasteiger partial charge in [0.15, 0.2) is 0 Å². The summed E-state index contributed by atoms with van der Waals surface area (Å²) in [5.41, 5.74) is 0.797. The maximum Gasteiger partial charge on any atom is 0.324 e. The third kappa shape index (κ3) is 3.60. The number of nitrogens with zero attached hydrogens (tertiary/aromatic N) is 1. The zero-order valence-corrected chi connectivity index (χ0v) is 16.6. The summed E-state index contributed by atoms with van der Waals surface area (Å²) in [7, 11) is -1.27. The quantitative estimate of drug-likeness (QED) is 0.752. The van der Waals surface area contributed by atoms with Crippen molar-refractivity contribution < 1.29 is 27.8 Å². The van der Waals surface area contributed by atoms with E-state index in [1.165, 1.54) is 37.7 Å². The molecular weight excluding hydrogens is 390 g/mol. The summed E-state index contributed by atoms with van der Waals surface area (Å²) in [6.45, 7) is -0.240. The van der Waals surface area contributed by atoms with E-state index >= 15 is 0 Å². The van der Waals surface area contributed by atoms with Crippen molar-refractivity contribution in [2.75, 3.05) is 27.4 Å². The molecule has 1 N–H and O–H groups in total. The molecule has 0 bridgehead atoms. The molecule has 0 saturated carbocycles. The van der Waals surface area contributed by atoms with Gasteiger partial charge < -0.3 is 14.6 Å². The minimum Gasteiger partial charge on any atom is -0.497 e. The Morgan fingerprint density at radius 1 is 1.26 bits per heavy atom. The van der Waals surface area contributed by atoms with Gasteiger partial charge in [0.2, 0.25) is 10.0 Å². The summed E-state index contributed by atoms with van der Waals surface area (Å²) >= 11 is 1.49. The fourth-order valence-corrected chi connectivity index (χ4v) is 5.92. The van der Waals surface area contributed by atoms with E-state index < -0.39 is 28.0 Å². The molecule has 0 amide bonds. The van der Waals surface area contributed by atoms with Crippen LogP contribution >= 0.6 is 11.3 Å². The number of hydrogen-bond acceptors (Lipinski definition) is 7. The van der Waals surface area contributed by atoms with Gasteiger partial charge >= 0.3 is 5.97 Å². The Labute approximate surface area is 162 Å². The topological polar surface area (TPSA) is 93.1 Å². The highest BCUT2D eigenvalue weighted by atomic mass is 32.2. The lowest BCUT2D eigenvalue weighted by Crippen LogP contribution is -2.49. The van der Waals surface area contributed by atoms with Crippen molar-refractivity contribution in [3.8, 4) is 5.75 Å². The van der Waals surface area contributed by atoms with Crippen LogP contribution in [-0.2, 0) is 26.0 Å². The van der Waals surface area contributed by atoms with Crippen LogP contribution in [0.3, 0.4) is 0 Å². The predicted octanol–water partition coefficient (Wildman–Crippen LogP) is 1.62. The van der Waals surface area contributed by atoms with Gasteiger partial charge in [-0.05, 0) is 47.7 Å². The lowest BCUT2D eigenvalue weighted by Gasteiger charge is -2.31. The first-order chi connectivity index (χ1) is 12.9. The Balaban J connectivity index is 2.08. The van der Waals surface area contributed by atoms with E-state index in [4.69, 9.17) is 9.47 Å². The summed E-state index contributed by atoms with van der Waals surface area (Å²) in [6.07, 6.45) is 0.465. The number of rotatable bonds is 5. The number of aliphatic hydroxyl groups is 1. The van der Waals surface area contributed by atoms with Gasteiger partial charge in [0.1, 0.15) is 11.8 Å². The van der Waals surface area contributed by atoms with E-state index in [0.717, 1.165) is 14.7 Å². The van der Waals surface area contributed by atoms with Crippen LogP contribution < -0.4 is 4.74 Å². The zero-order chi connectivity index (χ0) is 19.6. The van der Waals surface area contributed by atoms with Crippen molar-refractivity contribution in [2.45, 2.75) is 23.3 Å². The first-order valence-corrected chi connectivity index (χ1v) is 10.7. The molecule has 0 radical (unpaired) electrons. The number of fused-ring (bicyclic) bond motifs is 1. The second kappa shape index (κ2) is 7.97. The summed E-state index contributed by atoms with van der Waals surface area (Å²) < 4.78 is 37.7. The van der Waals surface area contributed by atoms with Crippen molar-refractivity contribution in [1.29, 1.82) is 0 Å². The monoisotopic (exact) mass is 411 g/mol. The van der Waals surface area contributed by atoms with E-state index in [-0.39, 0.29) is 18.0 Å². The number of hydrogen-bond donors (Lipinski definition) is 1. The zero-order valence-electron chi connectivity index (χ0n) is 15.0. The molecule has 0 spiro atoms. The first-order valence-electron chi connectivity index (χ1n) is 8.35. The number of sulfonamides is 1. The van der Waals surface area contributed by atoms with E-state index in [2.05, 4.69) is 0 Å². The average Bonchev–Trinajstić information content (AvgIpc) is 3.08. The summed E-state index contributed by atoms with van der Waals surface area (Å²) in [4.78, 5) is 13.6. The van der Waals surface area contributed by atoms with Crippen molar-refractivity contribution in [3.63, 3.8) is 0 Å². The van der Waals surface area contributed by atoms with Gasteiger partial charge in [-0.2, -0.15) is 4.31 Å². The number of benzene rings is 1. The number of thiophene rings is 1. The second-order valence-corrected chi connectivity index (χ2v) is 8.99. The van der Waals surface area contributed by atoms with E-state index in [0.29, 0.717) is 12.2 Å². The summed E-state index contributed by atoms with van der Waals surface area (Å²) in [5, 5.41) is 11.9. The SMILES string of the molecule is COC(=O)C1C(CO)c2ccsc2CCN1S(=O)(=O)c1ccc(OC)cc1. The van der Waals surface area contributed by atoms with Gasteiger partial charge in [0.25, 0.3) is 0 Å². The molecule has 2 heterocycles. The van der Waals surface area contributed by atoms with E-state index in [1.807, 2.05) is 11.4 Å². The van der Waals surface area contributed by atoms with Crippen LogP contribution in [0.15, 0.2) is 40.6 Å². The molecule has 1 aliphatic rings. The molecule has 0 fully saturated rings. The molecule has 7 nitrogen and oxygen atoms in total. The van der Waals surface area contributed by atoms with Crippen molar-refractivity contribution in [2.24, 2.45) is 0 Å². The highest BCUT2D eigenvalue weighted by Gasteiger charge is 2.44. The van der Waals surface area contributed by atoms with Gasteiger partial charge in [0.05, 0.1) is 25.7 Å². The second-order valence-electron chi connectivity index (χ2n) is 6.10. The minimum absolute atomic E-state index is 0.0548. The number of carbonyl (C=O) groups excluding carboxylic acids is 1. The van der Waals surface area contributed by atoms with Crippen molar-refractivity contribution >= 4 is 27.3 Å². The average molecular weight is 412 g/mol. The van der Waals surface area contributed by atoms with Crippen LogP contribution in [0.5, 0.6) is 5.75 Å². The fourth-order valence-electron chi connectivity index (χ4n) is 3.36. The Hall–Kier alpha value is -1.94. The lowest BCUT2D eigenvalue weighted by molar-refractivity contribution is -0.146. The van der Waals surface area contributed by atoms with Crippen LogP contribution in [-0.4, -0.2) is 57.2 Å². The Bertz CT molecular complexity index is 906. The number of aliphatic hydroxyl groups excluding tert-OH is 1. The molecule has 0 aliphatic carbocycles. The third-order valence-corrected chi connectivity index (χ3v) is 7.63. The first kappa shape index (κ1) is 19.8. The van der Waals surface area contributed by atoms with E-state index in [1.54, 1.807) is 12.1 Å². The third-order valence-electron chi connectivity index (χ3n) is 4.74. The smallest absolute Gasteiger partial charge is 0.324 e. The molecule has 3 rings (SSSR count). The maximum atomic E-state index is 13.3. The molecule has 146 valence electrons. The Morgan fingerprint density at radius 3 is 2.56 bits per heavy atom.